The van der Waals surface area contributed by atoms with Gasteiger partial charge in [-0.1, -0.05) is 12.1 Å². The van der Waals surface area contributed by atoms with E-state index in [1.807, 2.05) is 4.90 Å². The van der Waals surface area contributed by atoms with Gasteiger partial charge in [0, 0.05) is 26.7 Å². The highest BCUT2D eigenvalue weighted by Crippen LogP contribution is 2.19. The van der Waals surface area contributed by atoms with Crippen molar-refractivity contribution in [2.24, 2.45) is 0 Å². The molecule has 0 bridgehead atoms. The van der Waals surface area contributed by atoms with E-state index in [9.17, 15) is 9.50 Å². The molecular formula is C15H24FNO3. The molecule has 0 aliphatic heterocycles. The SMILES string of the molecule is COCCN(CCO)CCC(O)c1ccc(C)c(F)c1. The first-order valence-electron chi connectivity index (χ1n) is 6.84. The predicted octanol–water partition coefficient (Wildman–Crippen LogP) is 1.50. The van der Waals surface area contributed by atoms with Crippen LogP contribution in [-0.4, -0.2) is 55.1 Å². The molecule has 20 heavy (non-hydrogen) atoms. The molecule has 1 unspecified atom stereocenters. The van der Waals surface area contributed by atoms with Crippen LogP contribution in [0.5, 0.6) is 0 Å². The minimum Gasteiger partial charge on any atom is -0.395 e. The van der Waals surface area contributed by atoms with Gasteiger partial charge >= 0.3 is 0 Å². The van der Waals surface area contributed by atoms with Gasteiger partial charge in [-0.2, -0.15) is 0 Å². The van der Waals surface area contributed by atoms with Crippen LogP contribution in [-0.2, 0) is 4.74 Å². The van der Waals surface area contributed by atoms with E-state index in [4.69, 9.17) is 9.84 Å². The molecule has 0 fully saturated rings. The van der Waals surface area contributed by atoms with Gasteiger partial charge in [0.15, 0.2) is 0 Å². The molecule has 0 heterocycles. The van der Waals surface area contributed by atoms with Crippen LogP contribution in [0, 0.1) is 12.7 Å². The zero-order valence-electron chi connectivity index (χ0n) is 12.2. The van der Waals surface area contributed by atoms with E-state index < -0.39 is 6.10 Å². The quantitative estimate of drug-likeness (QED) is 0.722. The van der Waals surface area contributed by atoms with Gasteiger partial charge in [-0.3, -0.25) is 4.90 Å². The topological polar surface area (TPSA) is 52.9 Å². The molecule has 0 saturated heterocycles. The summed E-state index contributed by atoms with van der Waals surface area (Å²) in [5.41, 5.74) is 1.16. The number of rotatable bonds is 9. The van der Waals surface area contributed by atoms with E-state index in [-0.39, 0.29) is 12.4 Å². The fourth-order valence-corrected chi connectivity index (χ4v) is 1.99. The van der Waals surface area contributed by atoms with Crippen LogP contribution in [0.15, 0.2) is 18.2 Å². The second-order valence-corrected chi connectivity index (χ2v) is 4.87. The van der Waals surface area contributed by atoms with Crippen molar-refractivity contribution in [3.05, 3.63) is 35.1 Å². The number of aryl methyl sites for hydroxylation is 1. The molecule has 0 saturated carbocycles. The van der Waals surface area contributed by atoms with Gasteiger partial charge in [0.1, 0.15) is 5.82 Å². The Morgan fingerprint density at radius 3 is 2.65 bits per heavy atom. The summed E-state index contributed by atoms with van der Waals surface area (Å²) in [7, 11) is 1.63. The lowest BCUT2D eigenvalue weighted by Crippen LogP contribution is -2.32. The second-order valence-electron chi connectivity index (χ2n) is 4.87. The number of methoxy groups -OCH3 is 1. The zero-order chi connectivity index (χ0) is 15.0. The van der Waals surface area contributed by atoms with Crippen LogP contribution < -0.4 is 0 Å². The third kappa shape index (κ3) is 5.54. The van der Waals surface area contributed by atoms with E-state index in [2.05, 4.69) is 0 Å². The van der Waals surface area contributed by atoms with Crippen LogP contribution in [0.25, 0.3) is 0 Å². The number of benzene rings is 1. The van der Waals surface area contributed by atoms with Crippen molar-refractivity contribution in [2.75, 3.05) is 40.0 Å². The Balaban J connectivity index is 2.50. The first kappa shape index (κ1) is 17.0. The Kier molecular flexibility index (Phi) is 7.69. The molecule has 1 rings (SSSR count). The van der Waals surface area contributed by atoms with Gasteiger partial charge in [0.2, 0.25) is 0 Å². The zero-order valence-corrected chi connectivity index (χ0v) is 12.2. The number of aliphatic hydroxyl groups excluding tert-OH is 2. The maximum atomic E-state index is 13.5. The number of nitrogens with zero attached hydrogens (tertiary/aromatic N) is 1. The number of hydrogen-bond donors (Lipinski definition) is 2. The van der Waals surface area contributed by atoms with Crippen LogP contribution in [0.3, 0.4) is 0 Å². The first-order valence-corrected chi connectivity index (χ1v) is 6.84. The summed E-state index contributed by atoms with van der Waals surface area (Å²) in [4.78, 5) is 2.01. The van der Waals surface area contributed by atoms with E-state index in [1.54, 1.807) is 26.2 Å². The maximum Gasteiger partial charge on any atom is 0.126 e. The van der Waals surface area contributed by atoms with E-state index >= 15 is 0 Å². The summed E-state index contributed by atoms with van der Waals surface area (Å²) in [5.74, 6) is -0.298. The second kappa shape index (κ2) is 9.02. The van der Waals surface area contributed by atoms with E-state index in [1.165, 1.54) is 6.07 Å². The van der Waals surface area contributed by atoms with Crippen LogP contribution >= 0.6 is 0 Å². The Labute approximate surface area is 119 Å². The highest BCUT2D eigenvalue weighted by atomic mass is 19.1. The van der Waals surface area contributed by atoms with Crippen molar-refractivity contribution < 1.29 is 19.3 Å². The van der Waals surface area contributed by atoms with Crippen molar-refractivity contribution in [3.63, 3.8) is 0 Å². The summed E-state index contributed by atoms with van der Waals surface area (Å²) in [6.45, 7) is 4.21. The van der Waals surface area contributed by atoms with E-state index in [0.29, 0.717) is 43.8 Å². The number of halogens is 1. The average molecular weight is 285 g/mol. The summed E-state index contributed by atoms with van der Waals surface area (Å²) in [6.07, 6.45) is -0.208. The molecule has 2 N–H and O–H groups in total. The lowest BCUT2D eigenvalue weighted by molar-refractivity contribution is 0.105. The molecule has 0 amide bonds. The van der Waals surface area contributed by atoms with Gasteiger partial charge in [0.25, 0.3) is 0 Å². The number of aliphatic hydroxyl groups is 2. The van der Waals surface area contributed by atoms with Crippen molar-refractivity contribution in [1.82, 2.24) is 4.90 Å². The van der Waals surface area contributed by atoms with Crippen LogP contribution in [0.4, 0.5) is 4.39 Å². The third-order valence-electron chi connectivity index (χ3n) is 3.33. The molecule has 1 aromatic carbocycles. The molecule has 0 aliphatic rings. The summed E-state index contributed by atoms with van der Waals surface area (Å²) >= 11 is 0. The Bertz CT molecular complexity index is 401. The molecule has 0 radical (unpaired) electrons. The normalized spacial score (nSPS) is 12.9. The molecular weight excluding hydrogens is 261 g/mol. The van der Waals surface area contributed by atoms with Crippen LogP contribution in [0.2, 0.25) is 0 Å². The molecule has 0 spiro atoms. The highest BCUT2D eigenvalue weighted by Gasteiger charge is 2.12. The minimum absolute atomic E-state index is 0.0684. The average Bonchev–Trinajstić information content (AvgIpc) is 2.44. The largest absolute Gasteiger partial charge is 0.395 e. The minimum atomic E-state index is -0.700. The molecule has 1 atom stereocenters. The van der Waals surface area contributed by atoms with Gasteiger partial charge in [0.05, 0.1) is 19.3 Å². The summed E-state index contributed by atoms with van der Waals surface area (Å²) < 4.78 is 18.5. The highest BCUT2D eigenvalue weighted by molar-refractivity contribution is 5.24. The third-order valence-corrected chi connectivity index (χ3v) is 3.33. The lowest BCUT2D eigenvalue weighted by atomic mass is 10.0. The Hall–Kier alpha value is -1.01. The summed E-state index contributed by atoms with van der Waals surface area (Å²) in [5, 5.41) is 19.1. The number of ether oxygens (including phenoxy) is 1. The molecule has 0 aromatic heterocycles. The van der Waals surface area contributed by atoms with Crippen molar-refractivity contribution in [2.45, 2.75) is 19.4 Å². The predicted molar refractivity (Wildman–Crippen MR) is 76.1 cm³/mol. The van der Waals surface area contributed by atoms with Gasteiger partial charge in [-0.05, 0) is 30.5 Å². The van der Waals surface area contributed by atoms with E-state index in [0.717, 1.165) is 0 Å². The van der Waals surface area contributed by atoms with Crippen molar-refractivity contribution in [3.8, 4) is 0 Å². The Morgan fingerprint density at radius 1 is 1.30 bits per heavy atom. The fourth-order valence-electron chi connectivity index (χ4n) is 1.99. The fraction of sp³-hybridized carbons (Fsp3) is 0.600. The standard InChI is InChI=1S/C15H24FNO3/c1-12-3-4-13(11-14(12)16)15(19)5-6-17(7-9-18)8-10-20-2/h3-4,11,15,18-19H,5-10H2,1-2H3. The van der Waals surface area contributed by atoms with Gasteiger partial charge < -0.3 is 14.9 Å². The molecule has 0 aliphatic carbocycles. The Morgan fingerprint density at radius 2 is 2.05 bits per heavy atom. The molecule has 5 heteroatoms. The monoisotopic (exact) mass is 285 g/mol. The van der Waals surface area contributed by atoms with Crippen molar-refractivity contribution >= 4 is 0 Å². The maximum absolute atomic E-state index is 13.5. The molecule has 114 valence electrons. The summed E-state index contributed by atoms with van der Waals surface area (Å²) in [6, 6.07) is 4.80. The van der Waals surface area contributed by atoms with Crippen LogP contribution in [0.1, 0.15) is 23.7 Å². The first-order chi connectivity index (χ1) is 9.58. The number of hydrogen-bond acceptors (Lipinski definition) is 4. The van der Waals surface area contributed by atoms with Crippen molar-refractivity contribution in [1.29, 1.82) is 0 Å². The molecule has 1 aromatic rings. The lowest BCUT2D eigenvalue weighted by Gasteiger charge is -2.22. The van der Waals surface area contributed by atoms with Gasteiger partial charge in [-0.25, -0.2) is 4.39 Å². The van der Waals surface area contributed by atoms with Gasteiger partial charge in [-0.15, -0.1) is 0 Å². The smallest absolute Gasteiger partial charge is 0.126 e. The molecule has 4 nitrogen and oxygen atoms in total.